The molecule has 0 spiro atoms. The lowest BCUT2D eigenvalue weighted by atomic mass is 9.91. The molecule has 4 heteroatoms. The molecule has 0 saturated carbocycles. The van der Waals surface area contributed by atoms with Crippen LogP contribution in [0.1, 0.15) is 35.2 Å². The highest BCUT2D eigenvalue weighted by Crippen LogP contribution is 2.31. The van der Waals surface area contributed by atoms with Gasteiger partial charge in [-0.15, -0.1) is 0 Å². The van der Waals surface area contributed by atoms with Gasteiger partial charge < -0.3 is 9.72 Å². The maximum absolute atomic E-state index is 5.33. The number of alkyl halides is 1. The van der Waals surface area contributed by atoms with E-state index in [2.05, 4.69) is 59.4 Å². The number of H-pyrrole nitrogens is 1. The van der Waals surface area contributed by atoms with Crippen molar-refractivity contribution in [1.29, 1.82) is 0 Å². The van der Waals surface area contributed by atoms with Crippen LogP contribution in [0, 0.1) is 13.8 Å². The van der Waals surface area contributed by atoms with Crippen LogP contribution in [-0.2, 0) is 0 Å². The van der Waals surface area contributed by atoms with Crippen LogP contribution >= 0.6 is 22.6 Å². The van der Waals surface area contributed by atoms with Gasteiger partial charge >= 0.3 is 0 Å². The Labute approximate surface area is 128 Å². The second-order valence-corrected chi connectivity index (χ2v) is 4.34. The van der Waals surface area contributed by atoms with E-state index in [9.17, 15) is 0 Å². The number of nitrogens with one attached hydrogen (secondary N) is 1. The molecule has 2 rings (SSSR count). The summed E-state index contributed by atoms with van der Waals surface area (Å²) in [5, 5.41) is 0. The number of benzene rings is 1. The van der Waals surface area contributed by atoms with Gasteiger partial charge in [-0.2, -0.15) is 0 Å². The highest BCUT2D eigenvalue weighted by Gasteiger charge is 2.14. The van der Waals surface area contributed by atoms with Crippen LogP contribution in [-0.4, -0.2) is 22.0 Å². The zero-order valence-corrected chi connectivity index (χ0v) is 14.3. The van der Waals surface area contributed by atoms with Crippen LogP contribution in [0.4, 0.5) is 0 Å². The molecule has 104 valence electrons. The molecule has 0 aliphatic heterocycles. The first kappa shape index (κ1) is 16.0. The van der Waals surface area contributed by atoms with Crippen molar-refractivity contribution < 1.29 is 4.74 Å². The Kier molecular flexibility index (Phi) is 6.34. The number of imidazole rings is 1. The van der Waals surface area contributed by atoms with Gasteiger partial charge in [0, 0.05) is 17.8 Å². The minimum absolute atomic E-state index is 0.321. The molecule has 0 amide bonds. The van der Waals surface area contributed by atoms with Crippen molar-refractivity contribution >= 4 is 22.6 Å². The van der Waals surface area contributed by atoms with Crippen molar-refractivity contribution in [3.05, 3.63) is 47.0 Å². The SMILES string of the molecule is CI.COc1ccc(C(C)c2cnc[nH]2)c(C)c1C. The van der Waals surface area contributed by atoms with E-state index in [1.165, 1.54) is 16.7 Å². The highest BCUT2D eigenvalue weighted by molar-refractivity contribution is 14.1. The zero-order chi connectivity index (χ0) is 14.4. The molecule has 1 aromatic heterocycles. The fraction of sp³-hybridized carbons (Fsp3) is 0.400. The second-order valence-electron chi connectivity index (χ2n) is 4.34. The van der Waals surface area contributed by atoms with Gasteiger partial charge in [-0.05, 0) is 41.5 Å². The molecule has 1 N–H and O–H groups in total. The van der Waals surface area contributed by atoms with Crippen molar-refractivity contribution in [2.75, 3.05) is 12.0 Å². The molecular weight excluding hydrogens is 351 g/mol. The molecular formula is C15H21IN2O. The van der Waals surface area contributed by atoms with E-state index in [-0.39, 0.29) is 0 Å². The van der Waals surface area contributed by atoms with Gasteiger partial charge in [0.2, 0.25) is 0 Å². The van der Waals surface area contributed by atoms with Crippen molar-refractivity contribution in [2.24, 2.45) is 0 Å². The second kappa shape index (κ2) is 7.53. The third-order valence-electron chi connectivity index (χ3n) is 3.45. The van der Waals surface area contributed by atoms with Gasteiger partial charge in [-0.25, -0.2) is 4.98 Å². The summed E-state index contributed by atoms with van der Waals surface area (Å²) in [6.07, 6.45) is 3.60. The van der Waals surface area contributed by atoms with Crippen molar-refractivity contribution in [2.45, 2.75) is 26.7 Å². The summed E-state index contributed by atoms with van der Waals surface area (Å²) < 4.78 is 5.33. The molecule has 1 heterocycles. The van der Waals surface area contributed by atoms with Crippen LogP contribution in [0.5, 0.6) is 5.75 Å². The molecule has 19 heavy (non-hydrogen) atoms. The van der Waals surface area contributed by atoms with Gasteiger partial charge in [0.1, 0.15) is 5.75 Å². The largest absolute Gasteiger partial charge is 0.496 e. The van der Waals surface area contributed by atoms with Crippen LogP contribution in [0.3, 0.4) is 0 Å². The molecule has 0 radical (unpaired) electrons. The van der Waals surface area contributed by atoms with Gasteiger partial charge in [0.15, 0.2) is 0 Å². The molecule has 0 saturated heterocycles. The summed E-state index contributed by atoms with van der Waals surface area (Å²) >= 11 is 2.15. The summed E-state index contributed by atoms with van der Waals surface area (Å²) in [5.74, 6) is 1.27. The normalized spacial score (nSPS) is 11.5. The van der Waals surface area contributed by atoms with E-state index < -0.39 is 0 Å². The zero-order valence-electron chi connectivity index (χ0n) is 12.1. The number of methoxy groups -OCH3 is 1. The first-order valence-corrected chi connectivity index (χ1v) is 8.31. The number of aromatic amines is 1. The van der Waals surface area contributed by atoms with Crippen molar-refractivity contribution in [3.63, 3.8) is 0 Å². The van der Waals surface area contributed by atoms with E-state index in [1.807, 2.05) is 17.2 Å². The molecule has 3 nitrogen and oxygen atoms in total. The predicted molar refractivity (Wildman–Crippen MR) is 88.5 cm³/mol. The van der Waals surface area contributed by atoms with Crippen molar-refractivity contribution in [1.82, 2.24) is 9.97 Å². The van der Waals surface area contributed by atoms with Gasteiger partial charge in [-0.1, -0.05) is 35.6 Å². The Morgan fingerprint density at radius 1 is 1.21 bits per heavy atom. The Morgan fingerprint density at radius 2 is 1.89 bits per heavy atom. The van der Waals surface area contributed by atoms with E-state index in [1.54, 1.807) is 13.4 Å². The van der Waals surface area contributed by atoms with E-state index >= 15 is 0 Å². The number of hydrogen-bond donors (Lipinski definition) is 1. The molecule has 0 aliphatic rings. The maximum Gasteiger partial charge on any atom is 0.122 e. The maximum atomic E-state index is 5.33. The Bertz CT molecular complexity index is 509. The van der Waals surface area contributed by atoms with Crippen LogP contribution < -0.4 is 4.74 Å². The average Bonchev–Trinajstić information content (AvgIpc) is 2.97. The fourth-order valence-electron chi connectivity index (χ4n) is 2.18. The topological polar surface area (TPSA) is 37.9 Å². The highest BCUT2D eigenvalue weighted by atomic mass is 127. The monoisotopic (exact) mass is 372 g/mol. The summed E-state index contributed by atoms with van der Waals surface area (Å²) in [7, 11) is 1.71. The summed E-state index contributed by atoms with van der Waals surface area (Å²) in [5.41, 5.74) is 4.94. The van der Waals surface area contributed by atoms with E-state index in [4.69, 9.17) is 4.74 Å². The van der Waals surface area contributed by atoms with E-state index in [0.29, 0.717) is 5.92 Å². The summed E-state index contributed by atoms with van der Waals surface area (Å²) in [4.78, 5) is 9.21. The minimum Gasteiger partial charge on any atom is -0.496 e. The molecule has 2 aromatic rings. The lowest BCUT2D eigenvalue weighted by molar-refractivity contribution is 0.411. The smallest absolute Gasteiger partial charge is 0.122 e. The molecule has 0 aliphatic carbocycles. The van der Waals surface area contributed by atoms with Gasteiger partial charge in [-0.3, -0.25) is 0 Å². The number of nitrogens with zero attached hydrogens (tertiary/aromatic N) is 1. The minimum atomic E-state index is 0.321. The Hall–Kier alpha value is -1.04. The van der Waals surface area contributed by atoms with Crippen LogP contribution in [0.25, 0.3) is 0 Å². The third-order valence-corrected chi connectivity index (χ3v) is 3.45. The molecule has 1 unspecified atom stereocenters. The molecule has 1 atom stereocenters. The van der Waals surface area contributed by atoms with Crippen molar-refractivity contribution in [3.8, 4) is 5.75 Å². The molecule has 0 bridgehead atoms. The number of halogens is 1. The summed E-state index contributed by atoms with van der Waals surface area (Å²) in [6.45, 7) is 6.42. The Balaban J connectivity index is 0.000000861. The standard InChI is InChI=1S/C14H18N2O.CH3I/c1-9-10(2)14(17-4)6-5-12(9)11(3)13-7-15-8-16-13;1-2/h5-8,11H,1-4H3,(H,15,16);1H3. The number of aromatic nitrogens is 2. The fourth-order valence-corrected chi connectivity index (χ4v) is 2.18. The third kappa shape index (κ3) is 3.49. The van der Waals surface area contributed by atoms with E-state index in [0.717, 1.165) is 11.4 Å². The number of hydrogen-bond acceptors (Lipinski definition) is 2. The Morgan fingerprint density at radius 3 is 2.42 bits per heavy atom. The first-order valence-electron chi connectivity index (χ1n) is 6.15. The first-order chi connectivity index (χ1) is 9.15. The molecule has 1 aromatic carbocycles. The lowest BCUT2D eigenvalue weighted by Crippen LogP contribution is -2.02. The number of rotatable bonds is 3. The van der Waals surface area contributed by atoms with Gasteiger partial charge in [0.25, 0.3) is 0 Å². The average molecular weight is 372 g/mol. The summed E-state index contributed by atoms with van der Waals surface area (Å²) in [6, 6.07) is 4.16. The number of ether oxygens (including phenoxy) is 1. The van der Waals surface area contributed by atoms with Gasteiger partial charge in [0.05, 0.1) is 13.4 Å². The molecule has 0 fully saturated rings. The predicted octanol–water partition coefficient (Wildman–Crippen LogP) is 4.24. The van der Waals surface area contributed by atoms with Crippen LogP contribution in [0.15, 0.2) is 24.7 Å². The van der Waals surface area contributed by atoms with Crippen LogP contribution in [0.2, 0.25) is 0 Å². The lowest BCUT2D eigenvalue weighted by Gasteiger charge is -2.17. The quantitative estimate of drug-likeness (QED) is 0.647.